The van der Waals surface area contributed by atoms with Gasteiger partial charge in [0.15, 0.2) is 6.61 Å². The number of fused-ring (bicyclic) bond motifs is 1. The summed E-state index contributed by atoms with van der Waals surface area (Å²) in [6.45, 7) is -2.19. The minimum Gasteiger partial charge on any atom is -0.481 e. The first-order valence-corrected chi connectivity index (χ1v) is 8.83. The van der Waals surface area contributed by atoms with Gasteiger partial charge in [0.25, 0.3) is 5.91 Å². The van der Waals surface area contributed by atoms with Crippen LogP contribution in [0.5, 0.6) is 11.6 Å². The number of hydrogen-bond donors (Lipinski definition) is 2. The molecule has 1 aliphatic rings. The van der Waals surface area contributed by atoms with Gasteiger partial charge in [0.05, 0.1) is 11.3 Å². The van der Waals surface area contributed by atoms with Crippen LogP contribution >= 0.6 is 23.2 Å². The molecular formula is C16H13Cl2F3N4O4. The number of ether oxygens (including phenoxy) is 2. The third kappa shape index (κ3) is 4.06. The number of alkyl halides is 3. The maximum absolute atomic E-state index is 15.0. The van der Waals surface area contributed by atoms with E-state index in [4.69, 9.17) is 27.9 Å². The van der Waals surface area contributed by atoms with Gasteiger partial charge in [-0.05, 0) is 6.92 Å². The van der Waals surface area contributed by atoms with E-state index in [2.05, 4.69) is 20.5 Å². The molecule has 0 radical (unpaired) electrons. The number of amides is 2. The largest absolute Gasteiger partial charge is 0.481 e. The minimum atomic E-state index is -3.20. The smallest absolute Gasteiger partial charge is 0.388 e. The number of halogens is 5. The summed E-state index contributed by atoms with van der Waals surface area (Å²) in [6.07, 6.45) is 0. The third-order valence-corrected chi connectivity index (χ3v) is 4.39. The highest BCUT2D eigenvalue weighted by Gasteiger charge is 2.31. The van der Waals surface area contributed by atoms with Crippen molar-refractivity contribution in [1.82, 2.24) is 9.78 Å². The van der Waals surface area contributed by atoms with E-state index in [1.807, 2.05) is 0 Å². The average Bonchev–Trinajstić information content (AvgIpc) is 2.89. The van der Waals surface area contributed by atoms with Gasteiger partial charge in [-0.3, -0.25) is 9.59 Å². The molecule has 156 valence electrons. The average molecular weight is 453 g/mol. The van der Waals surface area contributed by atoms with Crippen LogP contribution in [-0.2, 0) is 16.6 Å². The van der Waals surface area contributed by atoms with Crippen molar-refractivity contribution in [3.05, 3.63) is 16.9 Å². The van der Waals surface area contributed by atoms with Crippen molar-refractivity contribution in [3.8, 4) is 22.9 Å². The van der Waals surface area contributed by atoms with Crippen LogP contribution in [-0.4, -0.2) is 40.2 Å². The van der Waals surface area contributed by atoms with Gasteiger partial charge in [-0.15, -0.1) is 11.6 Å². The van der Waals surface area contributed by atoms with Gasteiger partial charge in [-0.25, -0.2) is 9.07 Å². The Hall–Kier alpha value is -2.66. The van der Waals surface area contributed by atoms with Crippen molar-refractivity contribution >= 4 is 46.4 Å². The monoisotopic (exact) mass is 452 g/mol. The molecule has 2 aromatic rings. The normalized spacial score (nSPS) is 14.1. The van der Waals surface area contributed by atoms with Crippen LogP contribution in [0, 0.1) is 5.82 Å². The van der Waals surface area contributed by atoms with E-state index in [1.54, 1.807) is 0 Å². The van der Waals surface area contributed by atoms with Crippen LogP contribution in [0.2, 0.25) is 5.02 Å². The first kappa shape index (κ1) is 21.1. The van der Waals surface area contributed by atoms with Crippen LogP contribution < -0.4 is 20.1 Å². The molecule has 3 rings (SSSR count). The molecular weight excluding hydrogens is 440 g/mol. The molecule has 0 saturated heterocycles. The van der Waals surface area contributed by atoms with E-state index in [-0.39, 0.29) is 35.0 Å². The number of hydrogen-bond acceptors (Lipinski definition) is 5. The van der Waals surface area contributed by atoms with Gasteiger partial charge in [0, 0.05) is 13.1 Å². The lowest BCUT2D eigenvalue weighted by atomic mass is 10.0. The molecule has 1 unspecified atom stereocenters. The second kappa shape index (κ2) is 7.99. The predicted octanol–water partition coefficient (Wildman–Crippen LogP) is 3.38. The van der Waals surface area contributed by atoms with Crippen LogP contribution in [0.4, 0.5) is 24.5 Å². The Morgan fingerprint density at radius 3 is 2.79 bits per heavy atom. The SMILES string of the molecule is CC(Cl)C(=O)Nc1c2c(cc(F)c1-c1nn(C)c(OC(F)F)c1Cl)OCC(=O)N2. The maximum Gasteiger partial charge on any atom is 0.388 e. The number of nitrogens with zero attached hydrogens (tertiary/aromatic N) is 2. The molecule has 0 spiro atoms. The van der Waals surface area contributed by atoms with E-state index in [0.29, 0.717) is 0 Å². The van der Waals surface area contributed by atoms with Crippen LogP contribution in [0.3, 0.4) is 0 Å². The van der Waals surface area contributed by atoms with Gasteiger partial charge in [0.1, 0.15) is 33.3 Å². The fourth-order valence-corrected chi connectivity index (χ4v) is 2.97. The van der Waals surface area contributed by atoms with Crippen LogP contribution in [0.15, 0.2) is 6.07 Å². The Kier molecular flexibility index (Phi) is 5.80. The van der Waals surface area contributed by atoms with Gasteiger partial charge in [-0.1, -0.05) is 11.6 Å². The van der Waals surface area contributed by atoms with Crippen LogP contribution in [0.1, 0.15) is 6.92 Å². The Bertz CT molecular complexity index is 997. The second-order valence-corrected chi connectivity index (χ2v) is 6.93. The van der Waals surface area contributed by atoms with Crippen molar-refractivity contribution < 1.29 is 32.2 Å². The van der Waals surface area contributed by atoms with E-state index >= 15 is 0 Å². The lowest BCUT2D eigenvalue weighted by Crippen LogP contribution is -2.28. The molecule has 8 nitrogen and oxygen atoms in total. The van der Waals surface area contributed by atoms with Crippen molar-refractivity contribution in [1.29, 1.82) is 0 Å². The van der Waals surface area contributed by atoms with E-state index in [9.17, 15) is 22.8 Å². The van der Waals surface area contributed by atoms with Gasteiger partial charge < -0.3 is 20.1 Å². The fraction of sp³-hybridized carbons (Fsp3) is 0.312. The first-order valence-electron chi connectivity index (χ1n) is 8.01. The van der Waals surface area contributed by atoms with Crippen LogP contribution in [0.25, 0.3) is 11.3 Å². The van der Waals surface area contributed by atoms with Crippen molar-refractivity contribution in [2.75, 3.05) is 17.2 Å². The Morgan fingerprint density at radius 2 is 2.17 bits per heavy atom. The lowest BCUT2D eigenvalue weighted by Gasteiger charge is -2.23. The Labute approximate surface area is 171 Å². The summed E-state index contributed by atoms with van der Waals surface area (Å²) in [7, 11) is 1.26. The summed E-state index contributed by atoms with van der Waals surface area (Å²) in [6, 6.07) is 0.947. The summed E-state index contributed by atoms with van der Waals surface area (Å²) >= 11 is 11.9. The highest BCUT2D eigenvalue weighted by atomic mass is 35.5. The summed E-state index contributed by atoms with van der Waals surface area (Å²) in [5.74, 6) is -2.80. The highest BCUT2D eigenvalue weighted by molar-refractivity contribution is 6.35. The Morgan fingerprint density at radius 1 is 1.48 bits per heavy atom. The number of rotatable bonds is 5. The number of anilines is 2. The summed E-state index contributed by atoms with van der Waals surface area (Å²) in [4.78, 5) is 23.9. The molecule has 2 heterocycles. The topological polar surface area (TPSA) is 94.5 Å². The number of aryl methyl sites for hydroxylation is 1. The number of benzene rings is 1. The molecule has 2 N–H and O–H groups in total. The molecule has 29 heavy (non-hydrogen) atoms. The zero-order chi connectivity index (χ0) is 21.5. The number of nitrogens with one attached hydrogen (secondary N) is 2. The van der Waals surface area contributed by atoms with E-state index in [0.717, 1.165) is 10.7 Å². The summed E-state index contributed by atoms with van der Waals surface area (Å²) in [5.41, 5.74) is -0.970. The quantitative estimate of drug-likeness (QED) is 0.678. The maximum atomic E-state index is 15.0. The van der Waals surface area contributed by atoms with Gasteiger partial charge in [0.2, 0.25) is 11.8 Å². The molecule has 1 atom stereocenters. The minimum absolute atomic E-state index is 0.0543. The molecule has 0 aliphatic carbocycles. The number of aromatic nitrogens is 2. The molecule has 13 heteroatoms. The highest BCUT2D eigenvalue weighted by Crippen LogP contribution is 2.47. The molecule has 1 aliphatic heterocycles. The second-order valence-electron chi connectivity index (χ2n) is 5.89. The number of carbonyl (C=O) groups excluding carboxylic acids is 2. The molecule has 0 bridgehead atoms. The van der Waals surface area contributed by atoms with Crippen molar-refractivity contribution in [2.45, 2.75) is 18.9 Å². The zero-order valence-corrected chi connectivity index (χ0v) is 16.4. The molecule has 0 fully saturated rings. The third-order valence-electron chi connectivity index (χ3n) is 3.85. The van der Waals surface area contributed by atoms with E-state index < -0.39 is 40.5 Å². The van der Waals surface area contributed by atoms with E-state index in [1.165, 1.54) is 14.0 Å². The zero-order valence-electron chi connectivity index (χ0n) is 14.9. The standard InChI is InChI=1S/C16H13Cl2F3N4O4/c1-5(17)14(27)23-13-9(6(19)3-7-11(13)22-8(26)4-28-7)12-10(18)15(25(2)24-12)29-16(20)21/h3,5,16H,4H2,1-2H3,(H,22,26)(H,23,27). The molecule has 2 amide bonds. The molecule has 1 aromatic heterocycles. The fourth-order valence-electron chi connectivity index (χ4n) is 2.62. The predicted molar refractivity (Wildman–Crippen MR) is 98.3 cm³/mol. The number of carbonyl (C=O) groups is 2. The molecule has 1 aromatic carbocycles. The lowest BCUT2D eigenvalue weighted by molar-refractivity contribution is -0.118. The first-order chi connectivity index (χ1) is 13.6. The van der Waals surface area contributed by atoms with Crippen molar-refractivity contribution in [3.63, 3.8) is 0 Å². The summed E-state index contributed by atoms with van der Waals surface area (Å²) < 4.78 is 50.7. The van der Waals surface area contributed by atoms with Crippen molar-refractivity contribution in [2.24, 2.45) is 7.05 Å². The van der Waals surface area contributed by atoms with Gasteiger partial charge >= 0.3 is 6.61 Å². The van der Waals surface area contributed by atoms with Gasteiger partial charge in [-0.2, -0.15) is 13.9 Å². The Balaban J connectivity index is 2.25. The molecule has 0 saturated carbocycles. The summed E-state index contributed by atoms with van der Waals surface area (Å²) in [5, 5.41) is 7.34.